The van der Waals surface area contributed by atoms with Crippen molar-refractivity contribution in [3.05, 3.63) is 65.7 Å². The Hall–Kier alpha value is -2.86. The molecule has 1 saturated heterocycles. The molecule has 2 atom stereocenters. The standard InChI is InChI=1S/C22H26N2O4/c1-27-12-11-24-20(25)14-19(21(24)17-8-4-3-5-9-17)22(26)23-15-16-7-6-10-18(13-16)28-2/h3-10,13,19,21H,11-12,14-15H2,1-2H3,(H,23,26)/t19-,21+/m1/s1. The van der Waals surface area contributed by atoms with Gasteiger partial charge in [0, 0.05) is 26.6 Å². The molecular weight excluding hydrogens is 356 g/mol. The van der Waals surface area contributed by atoms with Crippen LogP contribution in [0.2, 0.25) is 0 Å². The predicted octanol–water partition coefficient (Wildman–Crippen LogP) is 2.55. The summed E-state index contributed by atoms with van der Waals surface area (Å²) in [5, 5.41) is 2.98. The Bertz CT molecular complexity index is 809. The minimum atomic E-state index is -0.433. The summed E-state index contributed by atoms with van der Waals surface area (Å²) in [7, 11) is 3.22. The number of rotatable bonds is 8. The second-order valence-corrected chi connectivity index (χ2v) is 6.82. The fraction of sp³-hybridized carbons (Fsp3) is 0.364. The number of ether oxygens (including phenoxy) is 2. The number of benzene rings is 2. The first-order valence-corrected chi connectivity index (χ1v) is 9.38. The zero-order valence-corrected chi connectivity index (χ0v) is 16.3. The highest BCUT2D eigenvalue weighted by Crippen LogP contribution is 2.38. The van der Waals surface area contributed by atoms with Gasteiger partial charge in [0.25, 0.3) is 0 Å². The molecule has 1 aliphatic heterocycles. The van der Waals surface area contributed by atoms with Gasteiger partial charge in [0.2, 0.25) is 11.8 Å². The number of hydrogen-bond acceptors (Lipinski definition) is 4. The largest absolute Gasteiger partial charge is 0.497 e. The van der Waals surface area contributed by atoms with Crippen LogP contribution in [0.25, 0.3) is 0 Å². The Balaban J connectivity index is 1.75. The summed E-state index contributed by atoms with van der Waals surface area (Å²) in [6, 6.07) is 17.0. The summed E-state index contributed by atoms with van der Waals surface area (Å²) < 4.78 is 10.4. The summed E-state index contributed by atoms with van der Waals surface area (Å²) in [6.07, 6.45) is 0.202. The molecular formula is C22H26N2O4. The van der Waals surface area contributed by atoms with Crippen LogP contribution < -0.4 is 10.1 Å². The molecule has 2 aromatic carbocycles. The predicted molar refractivity (Wildman–Crippen MR) is 106 cm³/mol. The molecule has 2 amide bonds. The average molecular weight is 382 g/mol. The van der Waals surface area contributed by atoms with Crippen LogP contribution in [0.4, 0.5) is 0 Å². The molecule has 3 rings (SSSR count). The molecule has 1 N–H and O–H groups in total. The normalized spacial score (nSPS) is 18.9. The van der Waals surface area contributed by atoms with Crippen molar-refractivity contribution < 1.29 is 19.1 Å². The smallest absolute Gasteiger partial charge is 0.226 e. The number of carbonyl (C=O) groups excluding carboxylic acids is 2. The van der Waals surface area contributed by atoms with E-state index >= 15 is 0 Å². The molecule has 1 heterocycles. The lowest BCUT2D eigenvalue weighted by Crippen LogP contribution is -2.36. The maximum Gasteiger partial charge on any atom is 0.226 e. The van der Waals surface area contributed by atoms with Crippen LogP contribution in [0.15, 0.2) is 54.6 Å². The lowest BCUT2D eigenvalue weighted by atomic mass is 9.92. The van der Waals surface area contributed by atoms with E-state index in [4.69, 9.17) is 9.47 Å². The summed E-state index contributed by atoms with van der Waals surface area (Å²) in [4.78, 5) is 27.3. The van der Waals surface area contributed by atoms with Crippen LogP contribution in [-0.4, -0.2) is 44.1 Å². The third-order valence-electron chi connectivity index (χ3n) is 5.05. The first kappa shape index (κ1) is 19.9. The highest BCUT2D eigenvalue weighted by atomic mass is 16.5. The van der Waals surface area contributed by atoms with Crippen molar-refractivity contribution in [3.63, 3.8) is 0 Å². The molecule has 0 bridgehead atoms. The van der Waals surface area contributed by atoms with Gasteiger partial charge >= 0.3 is 0 Å². The van der Waals surface area contributed by atoms with Gasteiger partial charge in [-0.25, -0.2) is 0 Å². The van der Waals surface area contributed by atoms with E-state index in [0.717, 1.165) is 16.9 Å². The van der Waals surface area contributed by atoms with E-state index in [-0.39, 0.29) is 24.3 Å². The zero-order chi connectivity index (χ0) is 19.9. The second-order valence-electron chi connectivity index (χ2n) is 6.82. The van der Waals surface area contributed by atoms with Crippen molar-refractivity contribution in [3.8, 4) is 5.75 Å². The van der Waals surface area contributed by atoms with E-state index in [1.54, 1.807) is 19.1 Å². The zero-order valence-electron chi connectivity index (χ0n) is 16.3. The third-order valence-corrected chi connectivity index (χ3v) is 5.05. The molecule has 0 spiro atoms. The van der Waals surface area contributed by atoms with Crippen molar-refractivity contribution in [2.75, 3.05) is 27.4 Å². The molecule has 6 nitrogen and oxygen atoms in total. The van der Waals surface area contributed by atoms with Crippen molar-refractivity contribution in [2.45, 2.75) is 19.0 Å². The first-order chi connectivity index (χ1) is 13.6. The molecule has 148 valence electrons. The Morgan fingerprint density at radius 2 is 1.93 bits per heavy atom. The van der Waals surface area contributed by atoms with Gasteiger partial charge < -0.3 is 19.7 Å². The van der Waals surface area contributed by atoms with E-state index in [1.807, 2.05) is 54.6 Å². The van der Waals surface area contributed by atoms with E-state index in [1.165, 1.54) is 0 Å². The number of nitrogens with zero attached hydrogens (tertiary/aromatic N) is 1. The van der Waals surface area contributed by atoms with Crippen LogP contribution in [0.3, 0.4) is 0 Å². The Morgan fingerprint density at radius 3 is 2.64 bits per heavy atom. The van der Waals surface area contributed by atoms with Crippen LogP contribution in [0.1, 0.15) is 23.6 Å². The number of likely N-dealkylation sites (tertiary alicyclic amines) is 1. The van der Waals surface area contributed by atoms with E-state index in [0.29, 0.717) is 19.7 Å². The van der Waals surface area contributed by atoms with Gasteiger partial charge in [0.1, 0.15) is 5.75 Å². The monoisotopic (exact) mass is 382 g/mol. The Morgan fingerprint density at radius 1 is 1.14 bits per heavy atom. The van der Waals surface area contributed by atoms with Gasteiger partial charge in [-0.05, 0) is 23.3 Å². The van der Waals surface area contributed by atoms with Crippen molar-refractivity contribution in [1.82, 2.24) is 10.2 Å². The average Bonchev–Trinajstić information content (AvgIpc) is 3.07. The molecule has 2 aromatic rings. The molecule has 0 radical (unpaired) electrons. The fourth-order valence-corrected chi connectivity index (χ4v) is 3.64. The van der Waals surface area contributed by atoms with E-state index < -0.39 is 5.92 Å². The minimum absolute atomic E-state index is 0.0209. The topological polar surface area (TPSA) is 67.9 Å². The molecule has 1 aliphatic rings. The van der Waals surface area contributed by atoms with E-state index in [9.17, 15) is 9.59 Å². The maximum absolute atomic E-state index is 13.0. The number of carbonyl (C=O) groups is 2. The SMILES string of the molecule is COCCN1C(=O)C[C@@H](C(=O)NCc2cccc(OC)c2)[C@@H]1c1ccccc1. The minimum Gasteiger partial charge on any atom is -0.497 e. The van der Waals surface area contributed by atoms with Crippen LogP contribution in [0.5, 0.6) is 5.75 Å². The molecule has 0 aliphatic carbocycles. The van der Waals surface area contributed by atoms with Crippen LogP contribution in [-0.2, 0) is 20.9 Å². The van der Waals surface area contributed by atoms with Crippen molar-refractivity contribution in [2.24, 2.45) is 5.92 Å². The number of nitrogens with one attached hydrogen (secondary N) is 1. The van der Waals surface area contributed by atoms with Gasteiger partial charge in [-0.3, -0.25) is 9.59 Å². The highest BCUT2D eigenvalue weighted by Gasteiger charge is 2.44. The molecule has 0 unspecified atom stereocenters. The van der Waals surface area contributed by atoms with E-state index in [2.05, 4.69) is 5.32 Å². The fourth-order valence-electron chi connectivity index (χ4n) is 3.64. The molecule has 28 heavy (non-hydrogen) atoms. The van der Waals surface area contributed by atoms with Crippen LogP contribution >= 0.6 is 0 Å². The summed E-state index contributed by atoms with van der Waals surface area (Å²) in [6.45, 7) is 1.29. The molecule has 0 aromatic heterocycles. The van der Waals surface area contributed by atoms with Crippen molar-refractivity contribution >= 4 is 11.8 Å². The molecule has 0 saturated carbocycles. The van der Waals surface area contributed by atoms with Gasteiger partial charge in [0.05, 0.1) is 25.7 Å². The third kappa shape index (κ3) is 4.51. The lowest BCUT2D eigenvalue weighted by Gasteiger charge is -2.28. The number of methoxy groups -OCH3 is 2. The summed E-state index contributed by atoms with van der Waals surface area (Å²) >= 11 is 0. The maximum atomic E-state index is 13.0. The van der Waals surface area contributed by atoms with Gasteiger partial charge in [-0.2, -0.15) is 0 Å². The molecule has 6 heteroatoms. The number of hydrogen-bond donors (Lipinski definition) is 1. The van der Waals surface area contributed by atoms with Gasteiger partial charge in [0.15, 0.2) is 0 Å². The lowest BCUT2D eigenvalue weighted by molar-refractivity contribution is -0.129. The second kappa shape index (κ2) is 9.37. The van der Waals surface area contributed by atoms with Gasteiger partial charge in [-0.1, -0.05) is 42.5 Å². The summed E-state index contributed by atoms with van der Waals surface area (Å²) in [5.74, 6) is 0.172. The Labute approximate surface area is 165 Å². The summed E-state index contributed by atoms with van der Waals surface area (Å²) in [5.41, 5.74) is 1.91. The highest BCUT2D eigenvalue weighted by molar-refractivity contribution is 5.90. The van der Waals surface area contributed by atoms with Gasteiger partial charge in [-0.15, -0.1) is 0 Å². The number of amides is 2. The Kier molecular flexibility index (Phi) is 6.66. The quantitative estimate of drug-likeness (QED) is 0.762. The first-order valence-electron chi connectivity index (χ1n) is 9.38. The van der Waals surface area contributed by atoms with Crippen LogP contribution in [0, 0.1) is 5.92 Å². The molecule has 1 fully saturated rings. The van der Waals surface area contributed by atoms with Crippen molar-refractivity contribution in [1.29, 1.82) is 0 Å².